The van der Waals surface area contributed by atoms with Gasteiger partial charge in [-0.2, -0.15) is 0 Å². The number of unbranched alkanes of at least 4 members (excludes halogenated alkanes) is 42. The predicted octanol–water partition coefficient (Wildman–Crippen LogP) is 21.2. The number of carbonyl (C=O) groups is 3. The molecule has 0 aromatic heterocycles. The molecule has 416 valence electrons. The highest BCUT2D eigenvalue weighted by molar-refractivity contribution is 5.71. The molecule has 0 aromatic carbocycles. The Hall–Kier alpha value is -1.59. The van der Waals surface area contributed by atoms with E-state index < -0.39 is 6.10 Å². The molecule has 0 aromatic rings. The fraction of sp³-hybridized carbons (Fsp3) is 0.953. The zero-order chi connectivity index (χ0) is 51.1. The Kier molecular flexibility index (Phi) is 55.4. The standard InChI is InChI=1S/C64H124O6/c1-6-8-9-10-11-12-13-14-15-16-17-21-24-27-30-33-39-44-49-54-62(65)68-57-61(58-69-63(66)55-50-45-40-36-35-38-43-48-53-60(5)7-2)70-64(67)56-51-46-41-34-31-28-25-22-19-18-20-23-26-29-32-37-42-47-52-59(3)4/h59-61H,6-58H2,1-5H3/t60?,61-/m0/s1. The van der Waals surface area contributed by atoms with Gasteiger partial charge in [0.1, 0.15) is 13.2 Å². The lowest BCUT2D eigenvalue weighted by molar-refractivity contribution is -0.167. The zero-order valence-corrected chi connectivity index (χ0v) is 48.2. The average Bonchev–Trinajstić information content (AvgIpc) is 3.35. The number of ether oxygens (including phenoxy) is 3. The summed E-state index contributed by atoms with van der Waals surface area (Å²) in [7, 11) is 0. The van der Waals surface area contributed by atoms with Gasteiger partial charge in [0.05, 0.1) is 0 Å². The van der Waals surface area contributed by atoms with Gasteiger partial charge in [-0.1, -0.05) is 324 Å². The maximum absolute atomic E-state index is 12.9. The van der Waals surface area contributed by atoms with E-state index in [4.69, 9.17) is 14.2 Å². The predicted molar refractivity (Wildman–Crippen MR) is 303 cm³/mol. The van der Waals surface area contributed by atoms with Crippen LogP contribution in [0.1, 0.15) is 362 Å². The summed E-state index contributed by atoms with van der Waals surface area (Å²) in [5.41, 5.74) is 0. The molecule has 0 bridgehead atoms. The molecule has 0 fully saturated rings. The zero-order valence-electron chi connectivity index (χ0n) is 48.2. The Bertz CT molecular complexity index is 1070. The normalized spacial score (nSPS) is 12.4. The Labute approximate surface area is 438 Å². The lowest BCUT2D eigenvalue weighted by atomic mass is 9.99. The van der Waals surface area contributed by atoms with E-state index in [1.807, 2.05) is 0 Å². The minimum atomic E-state index is -0.764. The summed E-state index contributed by atoms with van der Waals surface area (Å²) >= 11 is 0. The fourth-order valence-electron chi connectivity index (χ4n) is 9.90. The highest BCUT2D eigenvalue weighted by Crippen LogP contribution is 2.19. The Morgan fingerprint density at radius 1 is 0.300 bits per heavy atom. The van der Waals surface area contributed by atoms with Crippen molar-refractivity contribution in [2.24, 2.45) is 11.8 Å². The van der Waals surface area contributed by atoms with Gasteiger partial charge < -0.3 is 14.2 Å². The highest BCUT2D eigenvalue weighted by Gasteiger charge is 2.19. The highest BCUT2D eigenvalue weighted by atomic mass is 16.6. The molecule has 0 amide bonds. The molecule has 0 heterocycles. The SMILES string of the molecule is CCCCCCCCCCCCCCCCCCCCCC(=O)OC[C@@H](COC(=O)CCCCCCCCCCC(C)CC)OC(=O)CCCCCCCCCCCCCCCCCCCCC(C)C. The summed E-state index contributed by atoms with van der Waals surface area (Å²) < 4.78 is 16.9. The van der Waals surface area contributed by atoms with Crippen molar-refractivity contribution in [2.45, 2.75) is 368 Å². The van der Waals surface area contributed by atoms with Gasteiger partial charge in [0, 0.05) is 19.3 Å². The molecule has 6 heteroatoms. The molecule has 6 nitrogen and oxygen atoms in total. The smallest absolute Gasteiger partial charge is 0.306 e. The lowest BCUT2D eigenvalue weighted by Crippen LogP contribution is -2.30. The topological polar surface area (TPSA) is 78.9 Å². The van der Waals surface area contributed by atoms with E-state index in [2.05, 4.69) is 34.6 Å². The van der Waals surface area contributed by atoms with Gasteiger partial charge in [-0.3, -0.25) is 14.4 Å². The first-order valence-electron chi connectivity index (χ1n) is 31.8. The summed E-state index contributed by atoms with van der Waals surface area (Å²) in [4.78, 5) is 38.3. The van der Waals surface area contributed by atoms with Crippen molar-refractivity contribution in [3.05, 3.63) is 0 Å². The van der Waals surface area contributed by atoms with Crippen LogP contribution in [0.5, 0.6) is 0 Å². The second-order valence-corrected chi connectivity index (χ2v) is 22.8. The quantitative estimate of drug-likeness (QED) is 0.0343. The third kappa shape index (κ3) is 55.7. The van der Waals surface area contributed by atoms with Crippen LogP contribution < -0.4 is 0 Å². The molecule has 0 saturated heterocycles. The van der Waals surface area contributed by atoms with E-state index in [1.54, 1.807) is 0 Å². The summed E-state index contributed by atoms with van der Waals surface area (Å²) in [5.74, 6) is 0.871. The van der Waals surface area contributed by atoms with Gasteiger partial charge in [0.25, 0.3) is 0 Å². The van der Waals surface area contributed by atoms with Crippen LogP contribution in [0.2, 0.25) is 0 Å². The van der Waals surface area contributed by atoms with Gasteiger partial charge >= 0.3 is 17.9 Å². The van der Waals surface area contributed by atoms with Crippen molar-refractivity contribution in [1.29, 1.82) is 0 Å². The van der Waals surface area contributed by atoms with Crippen LogP contribution in [0, 0.1) is 11.8 Å². The largest absolute Gasteiger partial charge is 0.462 e. The molecule has 2 atom stereocenters. The molecule has 70 heavy (non-hydrogen) atoms. The van der Waals surface area contributed by atoms with Crippen LogP contribution in [0.3, 0.4) is 0 Å². The van der Waals surface area contributed by atoms with Crippen LogP contribution >= 0.6 is 0 Å². The molecule has 0 aliphatic rings. The molecule has 0 spiro atoms. The number of hydrogen-bond donors (Lipinski definition) is 0. The average molecular weight is 990 g/mol. The van der Waals surface area contributed by atoms with Crippen LogP contribution in [0.15, 0.2) is 0 Å². The van der Waals surface area contributed by atoms with Crippen molar-refractivity contribution in [2.75, 3.05) is 13.2 Å². The minimum absolute atomic E-state index is 0.0624. The molecular weight excluding hydrogens is 865 g/mol. The first-order chi connectivity index (χ1) is 34.3. The Morgan fingerprint density at radius 2 is 0.543 bits per heavy atom. The third-order valence-electron chi connectivity index (χ3n) is 15.1. The molecular formula is C64H124O6. The molecule has 0 rings (SSSR count). The van der Waals surface area contributed by atoms with E-state index in [1.165, 1.54) is 250 Å². The molecule has 0 aliphatic heterocycles. The fourth-order valence-corrected chi connectivity index (χ4v) is 9.90. The van der Waals surface area contributed by atoms with Crippen LogP contribution in [0.25, 0.3) is 0 Å². The maximum Gasteiger partial charge on any atom is 0.306 e. The Morgan fingerprint density at radius 3 is 0.814 bits per heavy atom. The van der Waals surface area contributed by atoms with Gasteiger partial charge in [0.15, 0.2) is 6.10 Å². The molecule has 1 unspecified atom stereocenters. The maximum atomic E-state index is 12.9. The second-order valence-electron chi connectivity index (χ2n) is 22.8. The van der Waals surface area contributed by atoms with Crippen LogP contribution in [0.4, 0.5) is 0 Å². The van der Waals surface area contributed by atoms with Gasteiger partial charge in [-0.25, -0.2) is 0 Å². The number of carbonyl (C=O) groups excluding carboxylic acids is 3. The van der Waals surface area contributed by atoms with E-state index in [0.717, 1.165) is 69.6 Å². The van der Waals surface area contributed by atoms with Crippen LogP contribution in [-0.2, 0) is 28.6 Å². The minimum Gasteiger partial charge on any atom is -0.462 e. The molecule has 0 aliphatic carbocycles. The van der Waals surface area contributed by atoms with E-state index in [9.17, 15) is 14.4 Å². The van der Waals surface area contributed by atoms with Crippen molar-refractivity contribution in [3.63, 3.8) is 0 Å². The van der Waals surface area contributed by atoms with Gasteiger partial charge in [-0.15, -0.1) is 0 Å². The third-order valence-corrected chi connectivity index (χ3v) is 15.1. The number of esters is 3. The second kappa shape index (κ2) is 56.7. The first kappa shape index (κ1) is 68.4. The van der Waals surface area contributed by atoms with E-state index in [-0.39, 0.29) is 31.1 Å². The van der Waals surface area contributed by atoms with Crippen molar-refractivity contribution in [3.8, 4) is 0 Å². The summed E-state index contributed by atoms with van der Waals surface area (Å²) in [6.45, 7) is 11.5. The van der Waals surface area contributed by atoms with Crippen LogP contribution in [-0.4, -0.2) is 37.2 Å². The van der Waals surface area contributed by atoms with E-state index in [0.29, 0.717) is 19.3 Å². The van der Waals surface area contributed by atoms with Gasteiger partial charge in [0.2, 0.25) is 0 Å². The monoisotopic (exact) mass is 989 g/mol. The molecule has 0 N–H and O–H groups in total. The van der Waals surface area contributed by atoms with E-state index >= 15 is 0 Å². The Balaban J connectivity index is 4.24. The number of rotatable bonds is 58. The summed E-state index contributed by atoms with van der Waals surface area (Å²) in [5, 5.41) is 0. The number of hydrogen-bond acceptors (Lipinski definition) is 6. The van der Waals surface area contributed by atoms with Crippen molar-refractivity contribution < 1.29 is 28.6 Å². The summed E-state index contributed by atoms with van der Waals surface area (Å²) in [6, 6.07) is 0. The lowest BCUT2D eigenvalue weighted by Gasteiger charge is -2.18. The van der Waals surface area contributed by atoms with Gasteiger partial charge in [-0.05, 0) is 31.1 Å². The first-order valence-corrected chi connectivity index (χ1v) is 31.8. The van der Waals surface area contributed by atoms with Crippen molar-refractivity contribution >= 4 is 17.9 Å². The van der Waals surface area contributed by atoms with Crippen molar-refractivity contribution in [1.82, 2.24) is 0 Å². The summed E-state index contributed by atoms with van der Waals surface area (Å²) in [6.07, 6.45) is 62.5. The molecule has 0 radical (unpaired) electrons. The molecule has 0 saturated carbocycles.